The van der Waals surface area contributed by atoms with E-state index in [4.69, 9.17) is 26.8 Å². The summed E-state index contributed by atoms with van der Waals surface area (Å²) in [6.45, 7) is -1.24. The third-order valence-corrected chi connectivity index (χ3v) is 7.79. The van der Waals surface area contributed by atoms with Crippen molar-refractivity contribution >= 4 is 17.5 Å². The molecule has 4 N–H and O–H groups in total. The minimum absolute atomic E-state index is 0.00764. The molecule has 0 aliphatic heterocycles. The van der Waals surface area contributed by atoms with Crippen LogP contribution in [0.3, 0.4) is 0 Å². The highest BCUT2D eigenvalue weighted by atomic mass is 35.5. The maximum absolute atomic E-state index is 14.5. The Labute approximate surface area is 238 Å². The average molecular weight is 594 g/mol. The van der Waals surface area contributed by atoms with Crippen LogP contribution in [-0.2, 0) is 11.1 Å². The molecule has 5 rings (SSSR count). The highest BCUT2D eigenvalue weighted by Crippen LogP contribution is 2.44. The van der Waals surface area contributed by atoms with Crippen molar-refractivity contribution in [2.75, 3.05) is 13.7 Å². The van der Waals surface area contributed by atoms with Gasteiger partial charge in [-0.05, 0) is 86.2 Å². The first-order valence-corrected chi connectivity index (χ1v) is 13.4. The number of pyridine rings is 1. The molecule has 2 aliphatic carbocycles. The first-order valence-electron chi connectivity index (χ1n) is 13.0. The van der Waals surface area contributed by atoms with Crippen molar-refractivity contribution in [3.05, 3.63) is 76.2 Å². The van der Waals surface area contributed by atoms with E-state index in [2.05, 4.69) is 10.3 Å². The van der Waals surface area contributed by atoms with Crippen LogP contribution in [0.15, 0.2) is 48.5 Å². The topological polar surface area (TPSA) is 107 Å². The van der Waals surface area contributed by atoms with E-state index >= 15 is 0 Å². The number of halogens is 5. The summed E-state index contributed by atoms with van der Waals surface area (Å²) in [5, 5.41) is 13.1. The number of hydrogen-bond donors (Lipinski definition) is 3. The number of aromatic nitrogens is 1. The van der Waals surface area contributed by atoms with Crippen LogP contribution in [0.1, 0.15) is 53.7 Å². The molecule has 3 aromatic rings. The summed E-state index contributed by atoms with van der Waals surface area (Å²) >= 11 is 5.91. The van der Waals surface area contributed by atoms with Gasteiger partial charge in [-0.1, -0.05) is 11.6 Å². The number of nitrogens with two attached hydrogens (primary N) is 1. The van der Waals surface area contributed by atoms with Crippen LogP contribution in [-0.4, -0.2) is 41.9 Å². The molecular weight excluding hydrogens is 566 g/mol. The fourth-order valence-electron chi connectivity index (χ4n) is 4.60. The van der Waals surface area contributed by atoms with Crippen LogP contribution in [0.5, 0.6) is 11.5 Å². The number of benzene rings is 2. The first kappa shape index (κ1) is 29.1. The van der Waals surface area contributed by atoms with E-state index < -0.39 is 41.3 Å². The molecule has 0 saturated heterocycles. The number of amides is 1. The zero-order chi connectivity index (χ0) is 29.6. The summed E-state index contributed by atoms with van der Waals surface area (Å²) in [5.74, 6) is -0.917. The van der Waals surface area contributed by atoms with Crippen molar-refractivity contribution in [2.45, 2.75) is 55.5 Å². The largest absolute Gasteiger partial charge is 0.493 e. The van der Waals surface area contributed by atoms with Crippen LogP contribution < -0.4 is 20.5 Å². The Balaban J connectivity index is 1.48. The number of alkyl halides is 3. The Kier molecular flexibility index (Phi) is 7.65. The van der Waals surface area contributed by atoms with E-state index in [1.165, 1.54) is 43.5 Å². The van der Waals surface area contributed by atoms with Gasteiger partial charge >= 0.3 is 6.18 Å². The van der Waals surface area contributed by atoms with Crippen LogP contribution >= 0.6 is 11.6 Å². The summed E-state index contributed by atoms with van der Waals surface area (Å²) in [4.78, 5) is 17.0. The zero-order valence-corrected chi connectivity index (χ0v) is 22.8. The number of nitrogens with zero attached hydrogens (tertiary/aromatic N) is 1. The molecule has 0 radical (unpaired) electrons. The number of nitrogens with one attached hydrogen (secondary N) is 1. The SMILES string of the molecule is COc1cc(C(=O)NCC(O)(c2cc(C3(N)CCC3)cc(-c3ccc(F)c(Cl)c3)n2)C(F)(F)F)ccc1OC1CC1. The molecule has 1 heterocycles. The maximum Gasteiger partial charge on any atom is 0.424 e. The standard InChI is InChI=1S/C29H28ClF4N3O4/c1-40-24-12-17(4-8-23(24)41-19-5-6-19)26(38)36-15-28(39,29(32,33)34)25-14-18(27(35)9-2-10-27)13-22(37-25)16-3-7-21(31)20(30)11-16/h3-4,7-8,11-14,19,39H,2,5-6,9-10,15,35H2,1H3,(H,36,38). The van der Waals surface area contributed by atoms with Gasteiger partial charge in [0, 0.05) is 16.7 Å². The van der Waals surface area contributed by atoms with Gasteiger partial charge in [0.1, 0.15) is 5.82 Å². The number of carbonyl (C=O) groups is 1. The molecule has 41 heavy (non-hydrogen) atoms. The van der Waals surface area contributed by atoms with E-state index in [0.29, 0.717) is 24.2 Å². The molecule has 218 valence electrons. The summed E-state index contributed by atoms with van der Waals surface area (Å²) in [6.07, 6.45) is -1.57. The van der Waals surface area contributed by atoms with Crippen LogP contribution in [0.4, 0.5) is 17.6 Å². The summed E-state index contributed by atoms with van der Waals surface area (Å²) in [7, 11) is 1.38. The van der Waals surface area contributed by atoms with Gasteiger partial charge in [-0.25, -0.2) is 9.37 Å². The lowest BCUT2D eigenvalue weighted by molar-refractivity contribution is -0.265. The minimum atomic E-state index is -5.25. The Bertz CT molecular complexity index is 1480. The first-order chi connectivity index (χ1) is 19.3. The van der Waals surface area contributed by atoms with Crippen molar-refractivity contribution in [1.29, 1.82) is 0 Å². The summed E-state index contributed by atoms with van der Waals surface area (Å²) in [5.41, 5.74) is 1.76. The minimum Gasteiger partial charge on any atom is -0.493 e. The Hall–Kier alpha value is -3.41. The monoisotopic (exact) mass is 593 g/mol. The lowest BCUT2D eigenvalue weighted by Gasteiger charge is -2.40. The van der Waals surface area contributed by atoms with E-state index in [-0.39, 0.29) is 33.7 Å². The Morgan fingerprint density at radius 1 is 1.15 bits per heavy atom. The fourth-order valence-corrected chi connectivity index (χ4v) is 4.78. The van der Waals surface area contributed by atoms with E-state index in [0.717, 1.165) is 31.4 Å². The molecule has 2 aliphatic rings. The van der Waals surface area contributed by atoms with Gasteiger partial charge in [0.15, 0.2) is 11.5 Å². The third kappa shape index (κ3) is 5.84. The van der Waals surface area contributed by atoms with Crippen molar-refractivity contribution in [2.24, 2.45) is 5.73 Å². The molecule has 0 spiro atoms. The number of hydrogen-bond acceptors (Lipinski definition) is 6. The second kappa shape index (κ2) is 10.8. The van der Waals surface area contributed by atoms with Crippen molar-refractivity contribution in [3.63, 3.8) is 0 Å². The smallest absolute Gasteiger partial charge is 0.424 e. The van der Waals surface area contributed by atoms with E-state index in [9.17, 15) is 27.5 Å². The number of aliphatic hydroxyl groups is 1. The molecule has 1 atom stereocenters. The molecule has 2 aromatic carbocycles. The second-order valence-electron chi connectivity index (χ2n) is 10.5. The number of carbonyl (C=O) groups excluding carboxylic acids is 1. The Morgan fingerprint density at radius 3 is 2.46 bits per heavy atom. The van der Waals surface area contributed by atoms with Gasteiger partial charge in [0.05, 0.1) is 36.2 Å². The van der Waals surface area contributed by atoms with Crippen molar-refractivity contribution < 1.29 is 36.9 Å². The number of ether oxygens (including phenoxy) is 2. The molecule has 1 unspecified atom stereocenters. The summed E-state index contributed by atoms with van der Waals surface area (Å²) in [6, 6.07) is 10.5. The van der Waals surface area contributed by atoms with Gasteiger partial charge < -0.3 is 25.6 Å². The molecule has 2 saturated carbocycles. The maximum atomic E-state index is 14.5. The van der Waals surface area contributed by atoms with Gasteiger partial charge in [-0.2, -0.15) is 13.2 Å². The fraction of sp³-hybridized carbons (Fsp3) is 0.379. The molecule has 1 amide bonds. The van der Waals surface area contributed by atoms with E-state index in [1.54, 1.807) is 0 Å². The van der Waals surface area contributed by atoms with Gasteiger partial charge in [0.2, 0.25) is 5.60 Å². The molecule has 12 heteroatoms. The van der Waals surface area contributed by atoms with Crippen molar-refractivity contribution in [1.82, 2.24) is 10.3 Å². The molecule has 2 fully saturated rings. The molecule has 0 bridgehead atoms. The lowest BCUT2D eigenvalue weighted by atomic mass is 9.72. The summed E-state index contributed by atoms with van der Waals surface area (Å²) < 4.78 is 68.4. The molecule has 1 aromatic heterocycles. The lowest BCUT2D eigenvalue weighted by Crippen LogP contribution is -2.52. The zero-order valence-electron chi connectivity index (χ0n) is 22.0. The Morgan fingerprint density at radius 2 is 1.88 bits per heavy atom. The molecule has 7 nitrogen and oxygen atoms in total. The van der Waals surface area contributed by atoms with Gasteiger partial charge in [-0.3, -0.25) is 4.79 Å². The van der Waals surface area contributed by atoms with Crippen LogP contribution in [0.2, 0.25) is 5.02 Å². The quantitative estimate of drug-likeness (QED) is 0.279. The normalized spacial score (nSPS) is 17.8. The van der Waals surface area contributed by atoms with Crippen LogP contribution in [0, 0.1) is 5.82 Å². The van der Waals surface area contributed by atoms with Crippen LogP contribution in [0.25, 0.3) is 11.3 Å². The third-order valence-electron chi connectivity index (χ3n) is 7.50. The second-order valence-corrected chi connectivity index (χ2v) is 10.9. The van der Waals surface area contributed by atoms with Gasteiger partial charge in [-0.15, -0.1) is 0 Å². The highest BCUT2D eigenvalue weighted by molar-refractivity contribution is 6.31. The predicted octanol–water partition coefficient (Wildman–Crippen LogP) is 5.61. The highest BCUT2D eigenvalue weighted by Gasteiger charge is 2.57. The number of methoxy groups -OCH3 is 1. The van der Waals surface area contributed by atoms with E-state index in [1.807, 2.05) is 0 Å². The average Bonchev–Trinajstić information content (AvgIpc) is 3.75. The molecular formula is C29H28ClF4N3O4. The van der Waals surface area contributed by atoms with Crippen molar-refractivity contribution in [3.8, 4) is 22.8 Å². The van der Waals surface area contributed by atoms with Gasteiger partial charge in [0.25, 0.3) is 5.91 Å². The number of rotatable bonds is 9. The predicted molar refractivity (Wildman–Crippen MR) is 143 cm³/mol.